The Kier molecular flexibility index (Phi) is 1.50. The minimum atomic E-state index is 0.390. The van der Waals surface area contributed by atoms with Gasteiger partial charge in [-0.25, -0.2) is 0 Å². The third-order valence-electron chi connectivity index (χ3n) is 3.20. The van der Waals surface area contributed by atoms with Gasteiger partial charge < -0.3 is 10.3 Å². The fraction of sp³-hybridized carbons (Fsp3) is 0.333. The molecule has 0 bridgehead atoms. The van der Waals surface area contributed by atoms with Gasteiger partial charge >= 0.3 is 0 Å². The number of fused-ring (bicyclic) bond motifs is 1. The van der Waals surface area contributed by atoms with Gasteiger partial charge in [0.2, 0.25) is 0 Å². The Morgan fingerprint density at radius 3 is 2.86 bits per heavy atom. The smallest absolute Gasteiger partial charge is 0.0480 e. The van der Waals surface area contributed by atoms with E-state index >= 15 is 0 Å². The second-order valence-corrected chi connectivity index (χ2v) is 4.21. The Balaban J connectivity index is 2.23. The van der Waals surface area contributed by atoms with E-state index in [1.165, 1.54) is 16.5 Å². The Bertz CT molecular complexity index is 484. The zero-order valence-corrected chi connectivity index (χ0v) is 8.27. The number of hydrogen-bond donors (Lipinski definition) is 1. The molecule has 0 spiro atoms. The SMILES string of the molecule is Cn1ccc2c(C3CC3N)cccc21. The van der Waals surface area contributed by atoms with Crippen LogP contribution in [0.2, 0.25) is 0 Å². The van der Waals surface area contributed by atoms with Crippen molar-refractivity contribution in [2.45, 2.75) is 18.4 Å². The number of nitrogens with zero attached hydrogens (tertiary/aromatic N) is 1. The van der Waals surface area contributed by atoms with Crippen molar-refractivity contribution < 1.29 is 0 Å². The van der Waals surface area contributed by atoms with Crippen molar-refractivity contribution in [2.24, 2.45) is 12.8 Å². The molecule has 0 amide bonds. The zero-order valence-electron chi connectivity index (χ0n) is 8.27. The Labute approximate surface area is 83.3 Å². The third-order valence-corrected chi connectivity index (χ3v) is 3.20. The van der Waals surface area contributed by atoms with Crippen LogP contribution in [0.1, 0.15) is 17.9 Å². The molecule has 0 aliphatic heterocycles. The van der Waals surface area contributed by atoms with Crippen LogP contribution in [0.4, 0.5) is 0 Å². The molecule has 1 aliphatic rings. The van der Waals surface area contributed by atoms with E-state index < -0.39 is 0 Å². The standard InChI is InChI=1S/C12H14N2/c1-14-6-5-9-8(10-7-11(10)13)3-2-4-12(9)14/h2-6,10-11H,7,13H2,1H3. The van der Waals surface area contributed by atoms with Crippen molar-refractivity contribution in [3.63, 3.8) is 0 Å². The van der Waals surface area contributed by atoms with Gasteiger partial charge in [-0.15, -0.1) is 0 Å². The van der Waals surface area contributed by atoms with Crippen LogP contribution in [0.15, 0.2) is 30.5 Å². The van der Waals surface area contributed by atoms with Crippen LogP contribution in [0.25, 0.3) is 10.9 Å². The first kappa shape index (κ1) is 8.06. The zero-order chi connectivity index (χ0) is 9.71. The summed E-state index contributed by atoms with van der Waals surface area (Å²) < 4.78 is 2.16. The van der Waals surface area contributed by atoms with Gasteiger partial charge in [0.25, 0.3) is 0 Å². The van der Waals surface area contributed by atoms with Gasteiger partial charge in [-0.1, -0.05) is 12.1 Å². The highest BCUT2D eigenvalue weighted by Crippen LogP contribution is 2.42. The molecule has 14 heavy (non-hydrogen) atoms. The van der Waals surface area contributed by atoms with E-state index in [9.17, 15) is 0 Å². The molecule has 2 heteroatoms. The highest BCUT2D eigenvalue weighted by molar-refractivity contribution is 5.84. The van der Waals surface area contributed by atoms with E-state index in [0.717, 1.165) is 6.42 Å². The maximum Gasteiger partial charge on any atom is 0.0480 e. The van der Waals surface area contributed by atoms with E-state index in [0.29, 0.717) is 12.0 Å². The van der Waals surface area contributed by atoms with Gasteiger partial charge in [0.1, 0.15) is 0 Å². The summed E-state index contributed by atoms with van der Waals surface area (Å²) in [5.41, 5.74) is 8.62. The summed E-state index contributed by atoms with van der Waals surface area (Å²) >= 11 is 0. The van der Waals surface area contributed by atoms with Gasteiger partial charge in [-0.2, -0.15) is 0 Å². The number of benzene rings is 1. The topological polar surface area (TPSA) is 30.9 Å². The van der Waals surface area contributed by atoms with Gasteiger partial charge in [0, 0.05) is 36.1 Å². The lowest BCUT2D eigenvalue weighted by Crippen LogP contribution is -2.01. The van der Waals surface area contributed by atoms with Crippen molar-refractivity contribution in [2.75, 3.05) is 0 Å². The highest BCUT2D eigenvalue weighted by Gasteiger charge is 2.35. The largest absolute Gasteiger partial charge is 0.351 e. The van der Waals surface area contributed by atoms with E-state index in [1.807, 2.05) is 0 Å². The van der Waals surface area contributed by atoms with E-state index in [1.54, 1.807) is 0 Å². The maximum absolute atomic E-state index is 5.89. The van der Waals surface area contributed by atoms with Crippen LogP contribution in [0.3, 0.4) is 0 Å². The first-order valence-electron chi connectivity index (χ1n) is 5.07. The van der Waals surface area contributed by atoms with Gasteiger partial charge in [-0.05, 0) is 24.1 Å². The quantitative estimate of drug-likeness (QED) is 0.725. The summed E-state index contributed by atoms with van der Waals surface area (Å²) in [6, 6.07) is 9.08. The van der Waals surface area contributed by atoms with Gasteiger partial charge in [-0.3, -0.25) is 0 Å². The second-order valence-electron chi connectivity index (χ2n) is 4.21. The number of hydrogen-bond acceptors (Lipinski definition) is 1. The van der Waals surface area contributed by atoms with Crippen molar-refractivity contribution in [3.8, 4) is 0 Å². The molecule has 1 fully saturated rings. The fourth-order valence-electron chi connectivity index (χ4n) is 2.22. The molecule has 0 radical (unpaired) electrons. The Morgan fingerprint density at radius 1 is 1.36 bits per heavy atom. The number of rotatable bonds is 1. The molecule has 2 nitrogen and oxygen atoms in total. The minimum Gasteiger partial charge on any atom is -0.351 e. The summed E-state index contributed by atoms with van der Waals surface area (Å²) in [7, 11) is 2.08. The Morgan fingerprint density at radius 2 is 2.14 bits per heavy atom. The Hall–Kier alpha value is -1.28. The molecule has 0 saturated heterocycles. The summed E-state index contributed by atoms with van der Waals surface area (Å²) in [6.07, 6.45) is 3.26. The summed E-state index contributed by atoms with van der Waals surface area (Å²) in [6.45, 7) is 0. The molecule has 2 aromatic rings. The second kappa shape index (κ2) is 2.61. The summed E-state index contributed by atoms with van der Waals surface area (Å²) in [5, 5.41) is 1.37. The highest BCUT2D eigenvalue weighted by atomic mass is 14.9. The predicted molar refractivity (Wildman–Crippen MR) is 58.3 cm³/mol. The molecule has 1 aromatic carbocycles. The number of nitrogens with two attached hydrogens (primary N) is 1. The van der Waals surface area contributed by atoms with Crippen LogP contribution in [-0.2, 0) is 7.05 Å². The van der Waals surface area contributed by atoms with Crippen molar-refractivity contribution in [1.29, 1.82) is 0 Å². The van der Waals surface area contributed by atoms with Crippen molar-refractivity contribution in [3.05, 3.63) is 36.0 Å². The van der Waals surface area contributed by atoms with Gasteiger partial charge in [0.15, 0.2) is 0 Å². The first-order chi connectivity index (χ1) is 6.77. The molecule has 2 N–H and O–H groups in total. The molecule has 2 atom stereocenters. The average Bonchev–Trinajstić information content (AvgIpc) is 2.79. The van der Waals surface area contributed by atoms with Gasteiger partial charge in [0.05, 0.1) is 0 Å². The normalized spacial score (nSPS) is 25.6. The lowest BCUT2D eigenvalue weighted by Gasteiger charge is -2.02. The molecule has 72 valence electrons. The number of aryl methyl sites for hydroxylation is 1. The van der Waals surface area contributed by atoms with Crippen LogP contribution < -0.4 is 5.73 Å². The molecular weight excluding hydrogens is 172 g/mol. The van der Waals surface area contributed by atoms with E-state index in [-0.39, 0.29) is 0 Å². The molecular formula is C12H14N2. The lowest BCUT2D eigenvalue weighted by molar-refractivity contribution is 0.967. The molecule has 1 aromatic heterocycles. The molecule has 1 saturated carbocycles. The van der Waals surface area contributed by atoms with Crippen molar-refractivity contribution in [1.82, 2.24) is 4.57 Å². The first-order valence-corrected chi connectivity index (χ1v) is 5.07. The monoisotopic (exact) mass is 186 g/mol. The molecule has 1 heterocycles. The van der Waals surface area contributed by atoms with Crippen LogP contribution in [0, 0.1) is 0 Å². The molecule has 2 unspecified atom stereocenters. The fourth-order valence-corrected chi connectivity index (χ4v) is 2.22. The lowest BCUT2D eigenvalue weighted by atomic mass is 10.1. The van der Waals surface area contributed by atoms with Crippen LogP contribution >= 0.6 is 0 Å². The van der Waals surface area contributed by atoms with Crippen molar-refractivity contribution >= 4 is 10.9 Å². The van der Waals surface area contributed by atoms with E-state index in [2.05, 4.69) is 42.1 Å². The summed E-state index contributed by atoms with van der Waals surface area (Å²) in [5.74, 6) is 0.598. The predicted octanol–water partition coefficient (Wildman–Crippen LogP) is 1.99. The average molecular weight is 186 g/mol. The minimum absolute atomic E-state index is 0.390. The summed E-state index contributed by atoms with van der Waals surface area (Å²) in [4.78, 5) is 0. The number of aromatic nitrogens is 1. The molecule has 1 aliphatic carbocycles. The maximum atomic E-state index is 5.89. The van der Waals surface area contributed by atoms with Crippen LogP contribution in [0.5, 0.6) is 0 Å². The van der Waals surface area contributed by atoms with E-state index in [4.69, 9.17) is 5.73 Å². The molecule has 3 rings (SSSR count). The van der Waals surface area contributed by atoms with Crippen LogP contribution in [-0.4, -0.2) is 10.6 Å². The third kappa shape index (κ3) is 1.01.